The predicted molar refractivity (Wildman–Crippen MR) is 310 cm³/mol. The van der Waals surface area contributed by atoms with Crippen LogP contribution < -0.4 is 51.4 Å². The van der Waals surface area contributed by atoms with Crippen LogP contribution in [0.15, 0.2) is 121 Å². The first kappa shape index (κ1) is 49.8. The molecule has 6 aliphatic heterocycles. The molecule has 4 fully saturated rings. The molecule has 7 aromatic rings. The second kappa shape index (κ2) is 18.6. The van der Waals surface area contributed by atoms with E-state index in [1.54, 1.807) is 0 Å². The fourth-order valence-electron chi connectivity index (χ4n) is 11.0. The molecule has 17 heteroatoms. The third-order valence-electron chi connectivity index (χ3n) is 15.7. The zero-order chi connectivity index (χ0) is 49.3. The maximum Gasteiger partial charge on any atom is 1.00 e. The number of fused-ring (bicyclic) bond motifs is 8. The van der Waals surface area contributed by atoms with Gasteiger partial charge in [0, 0.05) is 44.3 Å². The normalized spacial score (nSPS) is 26.6. The van der Waals surface area contributed by atoms with Gasteiger partial charge < -0.3 is 9.97 Å². The van der Waals surface area contributed by atoms with E-state index in [4.69, 9.17) is 72.7 Å². The predicted octanol–water partition coefficient (Wildman–Crippen LogP) is 6.17. The molecule has 8 unspecified atom stereocenters. The standard InChI is InChI=1S/C56H38B12N4.K/c57-49-53(61,65-49)25-29-5-1-9-33(21-29)45-37-13-15-39(69-37)46(34-10-2-6-30(22-34)26-54(62)50(58)66-54)41-17-19-43(71-41)48(36-12-4-8-32(24-36)28-56(64)52(60)68-56)44-20-18-42(72-44)47(40-16-14-38(45)70-40)35-11-3-7-31(23-35)27-55(63)51(59)67-55;/h1-24,49-52,69,72H,25-28H2;/q;+1. The van der Waals surface area contributed by atoms with Crippen LogP contribution in [-0.2, 0) is 25.7 Å². The second-order valence-electron chi connectivity index (χ2n) is 21.2. The summed E-state index contributed by atoms with van der Waals surface area (Å²) in [5, 5.41) is -2.16. The van der Waals surface area contributed by atoms with Crippen LogP contribution >= 0.6 is 0 Å². The van der Waals surface area contributed by atoms with Crippen molar-refractivity contribution in [2.45, 2.75) is 69.4 Å². The number of rotatable bonds is 12. The van der Waals surface area contributed by atoms with Crippen molar-refractivity contribution in [1.29, 1.82) is 0 Å². The Labute approximate surface area is 484 Å². The van der Waals surface area contributed by atoms with Crippen LogP contribution in [0.1, 0.15) is 45.0 Å². The summed E-state index contributed by atoms with van der Waals surface area (Å²) in [4.78, 5) is 18.9. The fraction of sp³-hybridized carbons (Fsp3) is 0.214. The summed E-state index contributed by atoms with van der Waals surface area (Å²) in [5.41, 5.74) is 18.3. The van der Waals surface area contributed by atoms with Crippen molar-refractivity contribution in [2.24, 2.45) is 0 Å². The van der Waals surface area contributed by atoms with E-state index in [1.165, 1.54) is 0 Å². The summed E-state index contributed by atoms with van der Waals surface area (Å²) in [6.45, 7) is 0. The molecule has 73 heavy (non-hydrogen) atoms. The Bertz CT molecular complexity index is 3190. The van der Waals surface area contributed by atoms with E-state index < -0.39 is 20.9 Å². The van der Waals surface area contributed by atoms with Gasteiger partial charge >= 0.3 is 51.4 Å². The molecule has 0 amide bonds. The number of H-pyrrole nitrogens is 2. The van der Waals surface area contributed by atoms with E-state index in [1.807, 2.05) is 29.1 Å². The van der Waals surface area contributed by atoms with Crippen LogP contribution in [0.25, 0.3) is 90.9 Å². The Morgan fingerprint density at radius 3 is 0.795 bits per heavy atom. The average molecular weight is 936 g/mol. The van der Waals surface area contributed by atoms with Gasteiger partial charge in [0.2, 0.25) is 0 Å². The van der Waals surface area contributed by atoms with E-state index in [0.29, 0.717) is 25.7 Å². The summed E-state index contributed by atoms with van der Waals surface area (Å²) in [7, 11) is 59.9. The van der Waals surface area contributed by atoms with Gasteiger partial charge in [-0.25, -0.2) is 9.97 Å². The third-order valence-corrected chi connectivity index (χ3v) is 15.7. The number of aromatic nitrogens is 4. The molecule has 8 bridgehead atoms. The molecule has 6 aliphatic rings. The van der Waals surface area contributed by atoms with Gasteiger partial charge in [0.25, 0.3) is 0 Å². The fourth-order valence-corrected chi connectivity index (χ4v) is 11.0. The van der Waals surface area contributed by atoms with Crippen molar-refractivity contribution >= 4 is 138 Å². The van der Waals surface area contributed by atoms with E-state index in [0.717, 1.165) is 112 Å². The molecule has 0 saturated carbocycles. The first-order valence-corrected chi connectivity index (χ1v) is 24.8. The van der Waals surface area contributed by atoms with E-state index in [-0.39, 0.29) is 74.3 Å². The van der Waals surface area contributed by atoms with Crippen molar-refractivity contribution < 1.29 is 51.4 Å². The number of hydrogen-bond acceptors (Lipinski definition) is 2. The van der Waals surface area contributed by atoms with E-state index in [2.05, 4.69) is 156 Å². The van der Waals surface area contributed by atoms with Crippen LogP contribution in [0.2, 0.25) is 43.7 Å². The van der Waals surface area contributed by atoms with Gasteiger partial charge in [-0.1, -0.05) is 118 Å². The van der Waals surface area contributed by atoms with Gasteiger partial charge in [-0.15, -0.1) is 22.9 Å². The average Bonchev–Trinajstić information content (AvgIpc) is 4.05. The molecule has 2 N–H and O–H groups in total. The van der Waals surface area contributed by atoms with E-state index in [9.17, 15) is 0 Å². The Balaban J connectivity index is 0.00000543. The van der Waals surface area contributed by atoms with Gasteiger partial charge in [-0.05, 0) is 119 Å². The minimum Gasteiger partial charge on any atom is -0.354 e. The molecule has 4 saturated heterocycles. The largest absolute Gasteiger partial charge is 1.00 e. The molecule has 0 aliphatic carbocycles. The first-order valence-electron chi connectivity index (χ1n) is 24.8. The Kier molecular flexibility index (Phi) is 12.7. The topological polar surface area (TPSA) is 57.4 Å². The van der Waals surface area contributed by atoms with Crippen LogP contribution in [0.4, 0.5) is 0 Å². The van der Waals surface area contributed by atoms with E-state index >= 15 is 0 Å². The van der Waals surface area contributed by atoms with Crippen LogP contribution in [-0.4, -0.2) is 112 Å². The van der Waals surface area contributed by atoms with Crippen LogP contribution in [0, 0.1) is 0 Å². The monoisotopic (exact) mass is 937 g/mol. The van der Waals surface area contributed by atoms with Gasteiger partial charge in [-0.3, -0.25) is 0 Å². The van der Waals surface area contributed by atoms with Crippen molar-refractivity contribution in [3.63, 3.8) is 0 Å². The van der Waals surface area contributed by atoms with Crippen molar-refractivity contribution in [2.75, 3.05) is 0 Å². The molecule has 0 spiro atoms. The molecule has 3 aromatic heterocycles. The maximum absolute atomic E-state index is 6.69. The molecule has 9 heterocycles. The number of benzene rings is 4. The van der Waals surface area contributed by atoms with Crippen molar-refractivity contribution in [3.8, 4) is 44.5 Å². The molecule has 318 valence electrons. The van der Waals surface area contributed by atoms with Crippen LogP contribution in [0.3, 0.4) is 0 Å². The Morgan fingerprint density at radius 2 is 0.589 bits per heavy atom. The molecular formula is C56H38B12KN4+. The van der Waals surface area contributed by atoms with Gasteiger partial charge in [-0.2, -0.15) is 0 Å². The maximum atomic E-state index is 6.69. The SMILES string of the molecule is [B]C1[B]C1([B])Cc1cccc(-c2c3nc(c(-c4cccc(CC5([B])[B]C5[B])c4)c4ccc([nH]4)c(-c4cccc(CC5([B])[B]C5[B])c4)c4nc(c(-c5cccc(CC6([B])[B]C6[B])c5)c5ccc2[nH]5)C=C4)C=C3)c1.[K+]. The van der Waals surface area contributed by atoms with Gasteiger partial charge in [0.15, 0.2) is 0 Å². The summed E-state index contributed by atoms with van der Waals surface area (Å²) in [5.74, 6) is 0. The summed E-state index contributed by atoms with van der Waals surface area (Å²) >= 11 is 0. The Hall–Kier alpha value is -4.10. The quantitative estimate of drug-likeness (QED) is 0.144. The molecule has 13 rings (SSSR count). The zero-order valence-corrected chi connectivity index (χ0v) is 43.9. The van der Waals surface area contributed by atoms with Crippen molar-refractivity contribution in [1.82, 2.24) is 19.9 Å². The minimum atomic E-state index is -0.540. The van der Waals surface area contributed by atoms with Crippen molar-refractivity contribution in [3.05, 3.63) is 166 Å². The zero-order valence-electron chi connectivity index (χ0n) is 40.8. The molecule has 20 radical (unpaired) electrons. The molecular weight excluding hydrogens is 897 g/mol. The number of nitrogens with zero attached hydrogens (tertiary/aromatic N) is 2. The van der Waals surface area contributed by atoms with Gasteiger partial charge in [0.05, 0.1) is 115 Å². The number of nitrogens with one attached hydrogen (secondary N) is 2. The van der Waals surface area contributed by atoms with Gasteiger partial charge in [0.1, 0.15) is 0 Å². The first-order chi connectivity index (χ1) is 34.6. The molecule has 4 nitrogen and oxygen atoms in total. The number of hydrogen-bond donors (Lipinski definition) is 2. The Morgan fingerprint density at radius 1 is 0.370 bits per heavy atom. The third kappa shape index (κ3) is 9.53. The summed E-state index contributed by atoms with van der Waals surface area (Å²) in [6, 6.07) is 42.8. The second-order valence-corrected chi connectivity index (χ2v) is 21.2. The smallest absolute Gasteiger partial charge is 0.354 e. The van der Waals surface area contributed by atoms with Crippen LogP contribution in [0.5, 0.6) is 0 Å². The number of aromatic amines is 2. The molecule has 4 aromatic carbocycles. The summed E-state index contributed by atoms with van der Waals surface area (Å²) in [6.07, 6.45) is 10.9. The minimum absolute atomic E-state index is 0. The summed E-state index contributed by atoms with van der Waals surface area (Å²) < 4.78 is 0. The molecule has 8 atom stereocenters.